The van der Waals surface area contributed by atoms with Crippen molar-refractivity contribution in [3.8, 4) is 0 Å². The van der Waals surface area contributed by atoms with E-state index in [1.165, 1.54) is 23.1 Å². The van der Waals surface area contributed by atoms with E-state index >= 15 is 0 Å². The number of hydrogen-bond acceptors (Lipinski definition) is 6. The highest BCUT2D eigenvalue weighted by atomic mass is 32.2. The van der Waals surface area contributed by atoms with E-state index in [0.717, 1.165) is 17.0 Å². The molecule has 0 radical (unpaired) electrons. The molecule has 5 nitrogen and oxygen atoms in total. The Morgan fingerprint density at radius 3 is 3.03 bits per heavy atom. The largest absolute Gasteiger partial charge is 0.311 e. The van der Waals surface area contributed by atoms with Gasteiger partial charge in [0.25, 0.3) is 5.56 Å². The molecule has 0 fully saturated rings. The molecule has 0 bridgehead atoms. The van der Waals surface area contributed by atoms with E-state index in [9.17, 15) is 9.59 Å². The minimum atomic E-state index is -0.0866. The molecule has 1 unspecified atom stereocenters. The number of fused-ring (bicyclic) bond motifs is 2. The zero-order valence-electron chi connectivity index (χ0n) is 16.0. The van der Waals surface area contributed by atoms with E-state index < -0.39 is 0 Å². The SMILES string of the molecule is C=CCn1c(SCC(=O)N2CCC(C)Sc3ccccc32)nc2sccc2c1=O. The van der Waals surface area contributed by atoms with Gasteiger partial charge in [-0.05, 0) is 30.0 Å². The Kier molecular flexibility index (Phi) is 6.12. The first kappa shape index (κ1) is 20.3. The zero-order valence-corrected chi connectivity index (χ0v) is 18.5. The minimum absolute atomic E-state index is 0.0304. The quantitative estimate of drug-likeness (QED) is 0.326. The molecule has 8 heteroatoms. The lowest BCUT2D eigenvalue weighted by Gasteiger charge is -2.22. The van der Waals surface area contributed by atoms with Crippen LogP contribution >= 0.6 is 34.9 Å². The fraction of sp³-hybridized carbons (Fsp3) is 0.286. The Bertz CT molecular complexity index is 1120. The van der Waals surface area contributed by atoms with Crippen molar-refractivity contribution >= 4 is 56.7 Å². The van der Waals surface area contributed by atoms with Crippen LogP contribution in [0, 0.1) is 0 Å². The molecule has 3 aromatic rings. The predicted octanol–water partition coefficient (Wildman–Crippen LogP) is 4.65. The molecule has 0 N–H and O–H groups in total. The summed E-state index contributed by atoms with van der Waals surface area (Å²) in [4.78, 5) is 34.2. The first-order valence-electron chi connectivity index (χ1n) is 9.36. The summed E-state index contributed by atoms with van der Waals surface area (Å²) in [5.41, 5.74) is 0.883. The van der Waals surface area contributed by atoms with Gasteiger partial charge >= 0.3 is 0 Å². The van der Waals surface area contributed by atoms with Gasteiger partial charge in [-0.2, -0.15) is 0 Å². The van der Waals surface area contributed by atoms with Gasteiger partial charge in [0.1, 0.15) is 4.83 Å². The number of rotatable bonds is 5. The lowest BCUT2D eigenvalue weighted by molar-refractivity contribution is -0.116. The van der Waals surface area contributed by atoms with Crippen molar-refractivity contribution in [3.63, 3.8) is 0 Å². The lowest BCUT2D eigenvalue weighted by Crippen LogP contribution is -2.34. The van der Waals surface area contributed by atoms with E-state index in [2.05, 4.69) is 24.6 Å². The van der Waals surface area contributed by atoms with Crippen LogP contribution in [0.15, 0.2) is 63.2 Å². The summed E-state index contributed by atoms with van der Waals surface area (Å²) in [5, 5.41) is 3.50. The number of anilines is 1. The molecule has 4 rings (SSSR count). The van der Waals surface area contributed by atoms with Crippen molar-refractivity contribution in [3.05, 3.63) is 58.7 Å². The number of aromatic nitrogens is 2. The standard InChI is InChI=1S/C21H21N3O2S3/c1-3-10-24-20(26)15-9-12-27-19(15)22-21(24)28-13-18(25)23-11-8-14(2)29-17-7-5-4-6-16(17)23/h3-7,9,12,14H,1,8,10-11,13H2,2H3. The van der Waals surface area contributed by atoms with Crippen LogP contribution in [0.5, 0.6) is 0 Å². The number of allylic oxidation sites excluding steroid dienone is 1. The highest BCUT2D eigenvalue weighted by Crippen LogP contribution is 2.37. The number of thioether (sulfide) groups is 2. The van der Waals surface area contributed by atoms with Crippen LogP contribution in [-0.4, -0.2) is 33.0 Å². The predicted molar refractivity (Wildman–Crippen MR) is 124 cm³/mol. The van der Waals surface area contributed by atoms with Crippen LogP contribution in [0.4, 0.5) is 5.69 Å². The molecule has 0 saturated carbocycles. The van der Waals surface area contributed by atoms with Crippen molar-refractivity contribution in [2.75, 3.05) is 17.2 Å². The van der Waals surface area contributed by atoms with E-state index in [0.29, 0.717) is 33.7 Å². The third-order valence-electron chi connectivity index (χ3n) is 4.73. The molecular formula is C21H21N3O2S3. The van der Waals surface area contributed by atoms with Crippen LogP contribution in [0.3, 0.4) is 0 Å². The van der Waals surface area contributed by atoms with Gasteiger partial charge in [-0.15, -0.1) is 29.7 Å². The Hall–Kier alpha value is -2.03. The summed E-state index contributed by atoms with van der Waals surface area (Å²) in [6, 6.07) is 9.85. The van der Waals surface area contributed by atoms with E-state index in [1.807, 2.05) is 40.2 Å². The Labute approximate surface area is 181 Å². The van der Waals surface area contributed by atoms with E-state index in [1.54, 1.807) is 16.7 Å². The maximum atomic E-state index is 13.1. The van der Waals surface area contributed by atoms with Gasteiger partial charge in [-0.3, -0.25) is 14.2 Å². The monoisotopic (exact) mass is 443 g/mol. The number of nitrogens with zero attached hydrogens (tertiary/aromatic N) is 3. The molecule has 3 heterocycles. The van der Waals surface area contributed by atoms with Gasteiger partial charge in [0.2, 0.25) is 5.91 Å². The Morgan fingerprint density at radius 2 is 2.21 bits per heavy atom. The van der Waals surface area contributed by atoms with Crippen LogP contribution in [-0.2, 0) is 11.3 Å². The molecule has 150 valence electrons. The highest BCUT2D eigenvalue weighted by molar-refractivity contribution is 8.00. The molecule has 29 heavy (non-hydrogen) atoms. The first-order valence-corrected chi connectivity index (χ1v) is 12.1. The maximum absolute atomic E-state index is 13.1. The summed E-state index contributed by atoms with van der Waals surface area (Å²) in [5.74, 6) is 0.260. The maximum Gasteiger partial charge on any atom is 0.263 e. The zero-order chi connectivity index (χ0) is 20.4. The van der Waals surface area contributed by atoms with Crippen LogP contribution in [0.1, 0.15) is 13.3 Å². The Morgan fingerprint density at radius 1 is 1.38 bits per heavy atom. The molecule has 1 aliphatic rings. The number of hydrogen-bond donors (Lipinski definition) is 0. The van der Waals surface area contributed by atoms with Crippen molar-refractivity contribution in [2.24, 2.45) is 0 Å². The topological polar surface area (TPSA) is 55.2 Å². The number of benzene rings is 1. The highest BCUT2D eigenvalue weighted by Gasteiger charge is 2.24. The molecule has 0 aliphatic carbocycles. The second-order valence-electron chi connectivity index (χ2n) is 6.76. The first-order chi connectivity index (χ1) is 14.1. The molecule has 1 aromatic carbocycles. The van der Waals surface area contributed by atoms with Crippen molar-refractivity contribution in [1.82, 2.24) is 9.55 Å². The molecule has 1 amide bonds. The van der Waals surface area contributed by atoms with Crippen molar-refractivity contribution in [2.45, 2.75) is 35.2 Å². The average molecular weight is 444 g/mol. The third-order valence-corrected chi connectivity index (χ3v) is 7.73. The van der Waals surface area contributed by atoms with Crippen LogP contribution in [0.2, 0.25) is 0 Å². The molecule has 1 atom stereocenters. The summed E-state index contributed by atoms with van der Waals surface area (Å²) in [6.45, 7) is 7.00. The van der Waals surface area contributed by atoms with E-state index in [4.69, 9.17) is 0 Å². The minimum Gasteiger partial charge on any atom is -0.311 e. The summed E-state index contributed by atoms with van der Waals surface area (Å²) in [6.07, 6.45) is 2.62. The fourth-order valence-corrected chi connectivity index (χ4v) is 6.08. The lowest BCUT2D eigenvalue weighted by atomic mass is 10.2. The van der Waals surface area contributed by atoms with Gasteiger partial charge in [0.05, 0.1) is 16.8 Å². The fourth-order valence-electron chi connectivity index (χ4n) is 3.28. The smallest absolute Gasteiger partial charge is 0.263 e. The summed E-state index contributed by atoms with van der Waals surface area (Å²) < 4.78 is 1.59. The van der Waals surface area contributed by atoms with Crippen LogP contribution < -0.4 is 10.5 Å². The molecule has 0 spiro atoms. The molecule has 2 aromatic heterocycles. The van der Waals surface area contributed by atoms with Gasteiger partial charge < -0.3 is 4.90 Å². The number of carbonyl (C=O) groups excluding carboxylic acids is 1. The number of para-hydroxylation sites is 1. The Balaban J connectivity index is 1.59. The number of thiophene rings is 1. The van der Waals surface area contributed by atoms with E-state index in [-0.39, 0.29) is 17.2 Å². The molecule has 1 aliphatic heterocycles. The normalized spacial score (nSPS) is 16.4. The second-order valence-corrected chi connectivity index (χ2v) is 10.1. The second kappa shape index (κ2) is 8.77. The third kappa shape index (κ3) is 4.15. The summed E-state index contributed by atoms with van der Waals surface area (Å²) in [7, 11) is 0. The number of amides is 1. The molecular weight excluding hydrogens is 422 g/mol. The van der Waals surface area contributed by atoms with Gasteiger partial charge in [-0.1, -0.05) is 36.9 Å². The average Bonchev–Trinajstić information content (AvgIpc) is 3.12. The summed E-state index contributed by atoms with van der Waals surface area (Å²) >= 11 is 4.57. The van der Waals surface area contributed by atoms with Gasteiger partial charge in [0.15, 0.2) is 5.16 Å². The van der Waals surface area contributed by atoms with Gasteiger partial charge in [0, 0.05) is 23.2 Å². The van der Waals surface area contributed by atoms with Crippen molar-refractivity contribution < 1.29 is 4.79 Å². The van der Waals surface area contributed by atoms with Crippen LogP contribution in [0.25, 0.3) is 10.2 Å². The molecule has 0 saturated heterocycles. The van der Waals surface area contributed by atoms with Gasteiger partial charge in [-0.25, -0.2) is 4.98 Å². The number of carbonyl (C=O) groups is 1. The van der Waals surface area contributed by atoms with Crippen molar-refractivity contribution in [1.29, 1.82) is 0 Å².